The van der Waals surface area contributed by atoms with Crippen molar-refractivity contribution in [1.29, 1.82) is 0 Å². The molecule has 0 unspecified atom stereocenters. The van der Waals surface area contributed by atoms with E-state index in [1.54, 1.807) is 12.1 Å². The van der Waals surface area contributed by atoms with Crippen LogP contribution in [0.5, 0.6) is 0 Å². The fraction of sp³-hybridized carbons (Fsp3) is 0.120. The van der Waals surface area contributed by atoms with E-state index in [0.29, 0.717) is 5.71 Å². The number of rotatable bonds is 2. The number of pyridine rings is 2. The summed E-state index contributed by atoms with van der Waals surface area (Å²) in [5.74, 6) is -0.236. The molecule has 29 heavy (non-hydrogen) atoms. The lowest BCUT2D eigenvalue weighted by atomic mass is 9.99. The molecule has 0 atom stereocenters. The van der Waals surface area contributed by atoms with Crippen LogP contribution in [-0.2, 0) is 7.05 Å². The van der Waals surface area contributed by atoms with Crippen LogP contribution in [0, 0.1) is 19.7 Å². The Morgan fingerprint density at radius 1 is 0.897 bits per heavy atom. The summed E-state index contributed by atoms with van der Waals surface area (Å²) in [4.78, 5) is 4.55. The van der Waals surface area contributed by atoms with Crippen LogP contribution in [-0.4, -0.2) is 4.98 Å². The molecule has 0 aliphatic rings. The minimum absolute atomic E-state index is 0.236. The Kier molecular flexibility index (Phi) is 3.95. The first kappa shape index (κ1) is 17.6. The van der Waals surface area contributed by atoms with Gasteiger partial charge in [-0.2, -0.15) is 0 Å². The highest BCUT2D eigenvalue weighted by Crippen LogP contribution is 2.36. The van der Waals surface area contributed by atoms with Gasteiger partial charge in [0.1, 0.15) is 12.9 Å². The van der Waals surface area contributed by atoms with E-state index in [4.69, 9.17) is 4.42 Å². The molecule has 0 fully saturated rings. The number of furan rings is 1. The zero-order valence-electron chi connectivity index (χ0n) is 16.5. The van der Waals surface area contributed by atoms with Gasteiger partial charge in [-0.3, -0.25) is 0 Å². The smallest absolute Gasteiger partial charge is 0.227 e. The lowest BCUT2D eigenvalue weighted by Gasteiger charge is -2.07. The first-order chi connectivity index (χ1) is 14.0. The zero-order chi connectivity index (χ0) is 20.1. The SMILES string of the molecule is Cc1ccc2c(n1)oc1c(-c3ccc(-c4cccc(F)c4)c[n+]3C)c(C)ccc12. The average Bonchev–Trinajstić information content (AvgIpc) is 3.06. The Balaban J connectivity index is 1.73. The van der Waals surface area contributed by atoms with E-state index < -0.39 is 0 Å². The minimum atomic E-state index is -0.236. The van der Waals surface area contributed by atoms with Crippen molar-refractivity contribution in [2.45, 2.75) is 13.8 Å². The van der Waals surface area contributed by atoms with Gasteiger partial charge in [0.15, 0.2) is 11.8 Å². The normalized spacial score (nSPS) is 11.4. The number of aryl methyl sites for hydroxylation is 3. The van der Waals surface area contributed by atoms with Crippen LogP contribution < -0.4 is 4.57 Å². The Morgan fingerprint density at radius 2 is 1.72 bits per heavy atom. The molecule has 0 radical (unpaired) electrons. The summed E-state index contributed by atoms with van der Waals surface area (Å²) in [5, 5.41) is 2.08. The highest BCUT2D eigenvalue weighted by molar-refractivity contribution is 6.08. The third-order valence-electron chi connectivity index (χ3n) is 5.40. The van der Waals surface area contributed by atoms with Gasteiger partial charge in [0.05, 0.1) is 5.56 Å². The fourth-order valence-electron chi connectivity index (χ4n) is 3.94. The number of nitrogens with zero attached hydrogens (tertiary/aromatic N) is 2. The molecule has 0 N–H and O–H groups in total. The van der Waals surface area contributed by atoms with Crippen LogP contribution in [0.2, 0.25) is 0 Å². The van der Waals surface area contributed by atoms with Crippen LogP contribution in [0.15, 0.2) is 71.3 Å². The van der Waals surface area contributed by atoms with Crippen molar-refractivity contribution in [2.24, 2.45) is 7.05 Å². The Labute approximate surface area is 168 Å². The number of aromatic nitrogens is 2. The molecule has 2 aromatic carbocycles. The molecule has 0 saturated heterocycles. The Bertz CT molecular complexity index is 1400. The van der Waals surface area contributed by atoms with Gasteiger partial charge in [-0.15, -0.1) is 0 Å². The summed E-state index contributed by atoms with van der Waals surface area (Å²) in [6.07, 6.45) is 2.02. The average molecular weight is 383 g/mol. The first-order valence-electron chi connectivity index (χ1n) is 9.57. The van der Waals surface area contributed by atoms with Crippen LogP contribution in [0.1, 0.15) is 11.3 Å². The number of hydrogen-bond donors (Lipinski definition) is 0. The lowest BCUT2D eigenvalue weighted by molar-refractivity contribution is -0.659. The lowest BCUT2D eigenvalue weighted by Crippen LogP contribution is -2.31. The number of benzene rings is 2. The van der Waals surface area contributed by atoms with Gasteiger partial charge in [0.25, 0.3) is 0 Å². The van der Waals surface area contributed by atoms with E-state index >= 15 is 0 Å². The number of halogens is 1. The molecule has 0 spiro atoms. The molecule has 0 bridgehead atoms. The molecular formula is C25H20FN2O+. The topological polar surface area (TPSA) is 29.9 Å². The second-order valence-electron chi connectivity index (χ2n) is 7.47. The van der Waals surface area contributed by atoms with Crippen LogP contribution in [0.25, 0.3) is 44.5 Å². The quantitative estimate of drug-likeness (QED) is 0.356. The van der Waals surface area contributed by atoms with E-state index in [0.717, 1.165) is 50.0 Å². The second kappa shape index (κ2) is 6.52. The summed E-state index contributed by atoms with van der Waals surface area (Å²) in [6, 6.07) is 19.0. The molecule has 5 rings (SSSR count). The Hall–Kier alpha value is -3.53. The molecule has 5 aromatic rings. The summed E-state index contributed by atoms with van der Waals surface area (Å²) in [7, 11) is 2.00. The summed E-state index contributed by atoms with van der Waals surface area (Å²) >= 11 is 0. The molecule has 142 valence electrons. The predicted octanol–water partition coefficient (Wildman–Crippen LogP) is 5.90. The van der Waals surface area contributed by atoms with E-state index in [9.17, 15) is 4.39 Å². The number of hydrogen-bond acceptors (Lipinski definition) is 2. The van der Waals surface area contributed by atoms with E-state index in [2.05, 4.69) is 40.7 Å². The zero-order valence-corrected chi connectivity index (χ0v) is 16.5. The minimum Gasteiger partial charge on any atom is -0.437 e. The summed E-state index contributed by atoms with van der Waals surface area (Å²) in [6.45, 7) is 4.05. The van der Waals surface area contributed by atoms with Crippen LogP contribution >= 0.6 is 0 Å². The maximum Gasteiger partial charge on any atom is 0.227 e. The van der Waals surface area contributed by atoms with Gasteiger partial charge in [0, 0.05) is 28.1 Å². The monoisotopic (exact) mass is 383 g/mol. The largest absolute Gasteiger partial charge is 0.437 e. The maximum atomic E-state index is 13.6. The van der Waals surface area contributed by atoms with Crippen molar-refractivity contribution in [3.05, 3.63) is 83.9 Å². The van der Waals surface area contributed by atoms with Gasteiger partial charge in [-0.1, -0.05) is 24.3 Å². The molecule has 0 saturated carbocycles. The molecule has 3 nitrogen and oxygen atoms in total. The van der Waals surface area contributed by atoms with Crippen molar-refractivity contribution in [3.63, 3.8) is 0 Å². The molecule has 0 aliphatic heterocycles. The second-order valence-corrected chi connectivity index (χ2v) is 7.47. The van der Waals surface area contributed by atoms with Crippen molar-refractivity contribution in [1.82, 2.24) is 4.98 Å². The van der Waals surface area contributed by atoms with Crippen molar-refractivity contribution in [3.8, 4) is 22.4 Å². The predicted molar refractivity (Wildman–Crippen MR) is 113 cm³/mol. The van der Waals surface area contributed by atoms with E-state index in [1.165, 1.54) is 6.07 Å². The molecular weight excluding hydrogens is 363 g/mol. The van der Waals surface area contributed by atoms with Crippen molar-refractivity contribution >= 4 is 22.1 Å². The summed E-state index contributed by atoms with van der Waals surface area (Å²) in [5.41, 5.74) is 7.45. The van der Waals surface area contributed by atoms with Gasteiger partial charge in [-0.05, 0) is 55.3 Å². The highest BCUT2D eigenvalue weighted by atomic mass is 19.1. The highest BCUT2D eigenvalue weighted by Gasteiger charge is 2.21. The maximum absolute atomic E-state index is 13.6. The Morgan fingerprint density at radius 3 is 2.52 bits per heavy atom. The van der Waals surface area contributed by atoms with Crippen molar-refractivity contribution in [2.75, 3.05) is 0 Å². The van der Waals surface area contributed by atoms with Crippen molar-refractivity contribution < 1.29 is 13.4 Å². The standard InChI is InChI=1S/C25H20FN2O/c1-15-7-10-20-21-11-8-16(2)27-25(21)29-24(20)23(15)22-12-9-18(14-28(22)3)17-5-4-6-19(26)13-17/h4-14H,1-3H3/q+1. The molecule has 3 heterocycles. The van der Waals surface area contributed by atoms with Gasteiger partial charge in [0.2, 0.25) is 11.4 Å². The fourth-order valence-corrected chi connectivity index (χ4v) is 3.94. The third-order valence-corrected chi connectivity index (χ3v) is 5.40. The molecule has 0 aliphatic carbocycles. The van der Waals surface area contributed by atoms with Crippen LogP contribution in [0.4, 0.5) is 4.39 Å². The number of fused-ring (bicyclic) bond motifs is 3. The summed E-state index contributed by atoms with van der Waals surface area (Å²) < 4.78 is 21.9. The molecule has 0 amide bonds. The molecule has 3 aromatic heterocycles. The van der Waals surface area contributed by atoms with Gasteiger partial charge >= 0.3 is 0 Å². The van der Waals surface area contributed by atoms with Gasteiger partial charge in [-0.25, -0.2) is 13.9 Å². The van der Waals surface area contributed by atoms with Crippen LogP contribution in [0.3, 0.4) is 0 Å². The van der Waals surface area contributed by atoms with E-state index in [-0.39, 0.29) is 5.82 Å². The third kappa shape index (κ3) is 2.88. The first-order valence-corrected chi connectivity index (χ1v) is 9.57. The van der Waals surface area contributed by atoms with Gasteiger partial charge < -0.3 is 4.42 Å². The van der Waals surface area contributed by atoms with E-state index in [1.807, 2.05) is 38.4 Å². The molecule has 4 heteroatoms.